The van der Waals surface area contributed by atoms with E-state index < -0.39 is 0 Å². The molecule has 1 aliphatic carbocycles. The molecule has 1 aliphatic rings. The first kappa shape index (κ1) is 20.9. The molecule has 9 heteroatoms. The third-order valence-electron chi connectivity index (χ3n) is 5.44. The van der Waals surface area contributed by atoms with Crippen LogP contribution in [0.15, 0.2) is 24.4 Å². The number of nitrogens with one attached hydrogen (secondary N) is 2. The summed E-state index contributed by atoms with van der Waals surface area (Å²) in [5.41, 5.74) is 1.66. The average Bonchev–Trinajstić information content (AvgIpc) is 2.74. The molecule has 2 heterocycles. The maximum Gasteiger partial charge on any atom is 0.269 e. The summed E-state index contributed by atoms with van der Waals surface area (Å²) in [4.78, 5) is 29.0. The first-order valence-corrected chi connectivity index (χ1v) is 10.4. The second-order valence-electron chi connectivity index (χ2n) is 7.73. The summed E-state index contributed by atoms with van der Waals surface area (Å²) in [5.74, 6) is 0.911. The molecule has 0 spiro atoms. The monoisotopic (exact) mass is 424 g/mol. The second kappa shape index (κ2) is 8.79. The number of hydrogen-bond acceptors (Lipinski definition) is 7. The van der Waals surface area contributed by atoms with Crippen LogP contribution in [0.1, 0.15) is 47.7 Å². The lowest BCUT2D eigenvalue weighted by atomic mass is 9.93. The van der Waals surface area contributed by atoms with Crippen molar-refractivity contribution in [2.75, 3.05) is 12.4 Å². The zero-order valence-electron chi connectivity index (χ0n) is 17.8. The summed E-state index contributed by atoms with van der Waals surface area (Å²) in [6.45, 7) is 3.68. The fraction of sp³-hybridized carbons (Fsp3) is 0.409. The Bertz CT molecular complexity index is 1110. The molecule has 0 unspecified atom stereocenters. The van der Waals surface area contributed by atoms with Crippen molar-refractivity contribution in [3.63, 3.8) is 0 Å². The summed E-state index contributed by atoms with van der Waals surface area (Å²) in [7, 11) is 1.56. The van der Waals surface area contributed by atoms with E-state index in [9.17, 15) is 9.18 Å². The molecule has 1 aromatic carbocycles. The molecule has 8 nitrogen and oxygen atoms in total. The van der Waals surface area contributed by atoms with E-state index in [1.165, 1.54) is 12.1 Å². The number of nitrogens with zero attached hydrogens (tertiary/aromatic N) is 4. The highest BCUT2D eigenvalue weighted by Gasteiger charge is 2.24. The molecule has 162 valence electrons. The first-order chi connectivity index (χ1) is 14.9. The van der Waals surface area contributed by atoms with Crippen LogP contribution in [-0.4, -0.2) is 45.0 Å². The maximum atomic E-state index is 14.1. The van der Waals surface area contributed by atoms with Crippen molar-refractivity contribution in [1.29, 1.82) is 0 Å². The smallest absolute Gasteiger partial charge is 0.269 e. The van der Waals surface area contributed by atoms with Gasteiger partial charge in [0.15, 0.2) is 0 Å². The zero-order valence-corrected chi connectivity index (χ0v) is 17.8. The highest BCUT2D eigenvalue weighted by Crippen LogP contribution is 2.32. The number of carbonyl (C=O) groups is 1. The zero-order chi connectivity index (χ0) is 22.0. The molecule has 0 saturated heterocycles. The van der Waals surface area contributed by atoms with Gasteiger partial charge in [-0.3, -0.25) is 4.79 Å². The molecule has 1 amide bonds. The molecule has 31 heavy (non-hydrogen) atoms. The molecule has 3 aromatic rings. The topological polar surface area (TPSA) is 102 Å². The molecule has 4 rings (SSSR count). The third kappa shape index (κ3) is 4.70. The van der Waals surface area contributed by atoms with Gasteiger partial charge in [0.05, 0.1) is 22.7 Å². The maximum absolute atomic E-state index is 14.1. The van der Waals surface area contributed by atoms with E-state index in [0.29, 0.717) is 28.7 Å². The number of anilines is 1. The number of fused-ring (bicyclic) bond motifs is 1. The van der Waals surface area contributed by atoms with Crippen molar-refractivity contribution in [2.45, 2.75) is 51.7 Å². The summed E-state index contributed by atoms with van der Waals surface area (Å²) >= 11 is 0. The van der Waals surface area contributed by atoms with E-state index in [1.807, 2.05) is 6.92 Å². The third-order valence-corrected chi connectivity index (χ3v) is 5.44. The van der Waals surface area contributed by atoms with Crippen LogP contribution in [-0.2, 0) is 0 Å². The number of amides is 1. The lowest BCUT2D eigenvalue weighted by Crippen LogP contribution is -2.32. The summed E-state index contributed by atoms with van der Waals surface area (Å²) in [6, 6.07) is 4.58. The SMILES string of the molecule is CNC(=O)c1ccnc(NC2CCC(Oc3cc(F)cc4nc(C)nc(C)c34)CC2)n1. The second-order valence-corrected chi connectivity index (χ2v) is 7.73. The average molecular weight is 424 g/mol. The van der Waals surface area contributed by atoms with Crippen LogP contribution in [0.25, 0.3) is 10.9 Å². The van der Waals surface area contributed by atoms with Gasteiger partial charge in [-0.1, -0.05) is 0 Å². The van der Waals surface area contributed by atoms with Crippen molar-refractivity contribution in [3.05, 3.63) is 47.4 Å². The minimum atomic E-state index is -0.372. The number of halogens is 1. The summed E-state index contributed by atoms with van der Waals surface area (Å²) in [5, 5.41) is 6.61. The van der Waals surface area contributed by atoms with E-state index in [2.05, 4.69) is 30.6 Å². The van der Waals surface area contributed by atoms with Crippen molar-refractivity contribution in [2.24, 2.45) is 0 Å². The number of benzene rings is 1. The van der Waals surface area contributed by atoms with Crippen LogP contribution >= 0.6 is 0 Å². The number of carbonyl (C=O) groups excluding carboxylic acids is 1. The summed E-state index contributed by atoms with van der Waals surface area (Å²) in [6.07, 6.45) is 4.84. The lowest BCUT2D eigenvalue weighted by Gasteiger charge is -2.30. The van der Waals surface area contributed by atoms with Crippen molar-refractivity contribution in [3.8, 4) is 5.75 Å². The van der Waals surface area contributed by atoms with Crippen LogP contribution < -0.4 is 15.4 Å². The molecule has 0 radical (unpaired) electrons. The van der Waals surface area contributed by atoms with Crippen LogP contribution in [0, 0.1) is 19.7 Å². The first-order valence-electron chi connectivity index (χ1n) is 10.4. The number of ether oxygens (including phenoxy) is 1. The van der Waals surface area contributed by atoms with E-state index in [1.54, 1.807) is 26.2 Å². The Morgan fingerprint density at radius 1 is 1.13 bits per heavy atom. The van der Waals surface area contributed by atoms with Gasteiger partial charge in [-0.2, -0.15) is 0 Å². The molecule has 2 aromatic heterocycles. The van der Waals surface area contributed by atoms with Gasteiger partial charge in [0.1, 0.15) is 23.1 Å². The molecule has 0 aliphatic heterocycles. The Morgan fingerprint density at radius 2 is 1.90 bits per heavy atom. The molecule has 0 bridgehead atoms. The molecular weight excluding hydrogens is 399 g/mol. The minimum absolute atomic E-state index is 0.0260. The van der Waals surface area contributed by atoms with Gasteiger partial charge in [-0.15, -0.1) is 0 Å². The van der Waals surface area contributed by atoms with Gasteiger partial charge < -0.3 is 15.4 Å². The fourth-order valence-corrected chi connectivity index (χ4v) is 3.98. The number of rotatable bonds is 5. The van der Waals surface area contributed by atoms with Gasteiger partial charge in [0.25, 0.3) is 5.91 Å². The van der Waals surface area contributed by atoms with Crippen LogP contribution in [0.4, 0.5) is 10.3 Å². The quantitative estimate of drug-likeness (QED) is 0.648. The Kier molecular flexibility index (Phi) is 5.92. The number of aryl methyl sites for hydroxylation is 2. The molecule has 1 saturated carbocycles. The largest absolute Gasteiger partial charge is 0.490 e. The summed E-state index contributed by atoms with van der Waals surface area (Å²) < 4.78 is 20.3. The highest BCUT2D eigenvalue weighted by atomic mass is 19.1. The Morgan fingerprint density at radius 3 is 2.65 bits per heavy atom. The molecule has 0 atom stereocenters. The lowest BCUT2D eigenvalue weighted by molar-refractivity contribution is 0.0958. The fourth-order valence-electron chi connectivity index (χ4n) is 3.98. The van der Waals surface area contributed by atoms with Crippen LogP contribution in [0.2, 0.25) is 0 Å². The van der Waals surface area contributed by atoms with Crippen LogP contribution in [0.5, 0.6) is 5.75 Å². The standard InChI is InChI=1S/C22H25FN6O2/c1-12-20-18(27-13(2)26-12)10-14(23)11-19(20)31-16-6-4-15(5-7-16)28-22-25-9-8-17(29-22)21(30)24-3/h8-11,15-16H,4-7H2,1-3H3,(H,24,30)(H,25,28,29). The highest BCUT2D eigenvalue weighted by molar-refractivity contribution is 5.92. The van der Waals surface area contributed by atoms with Crippen molar-refractivity contribution < 1.29 is 13.9 Å². The minimum Gasteiger partial charge on any atom is -0.490 e. The van der Waals surface area contributed by atoms with E-state index in [0.717, 1.165) is 36.8 Å². The van der Waals surface area contributed by atoms with Gasteiger partial charge in [0.2, 0.25) is 5.95 Å². The normalized spacial score (nSPS) is 18.6. The van der Waals surface area contributed by atoms with Crippen molar-refractivity contribution >= 4 is 22.8 Å². The Labute approximate surface area is 179 Å². The van der Waals surface area contributed by atoms with Crippen LogP contribution in [0.3, 0.4) is 0 Å². The van der Waals surface area contributed by atoms with Crippen molar-refractivity contribution in [1.82, 2.24) is 25.3 Å². The van der Waals surface area contributed by atoms with Gasteiger partial charge in [0, 0.05) is 31.4 Å². The predicted molar refractivity (Wildman–Crippen MR) is 115 cm³/mol. The Hall–Kier alpha value is -3.36. The van der Waals surface area contributed by atoms with E-state index in [4.69, 9.17) is 4.74 Å². The number of aromatic nitrogens is 4. The Balaban J connectivity index is 1.42. The number of hydrogen-bond donors (Lipinski definition) is 2. The van der Waals surface area contributed by atoms with Gasteiger partial charge in [-0.25, -0.2) is 24.3 Å². The van der Waals surface area contributed by atoms with E-state index >= 15 is 0 Å². The van der Waals surface area contributed by atoms with Gasteiger partial charge in [-0.05, 0) is 45.6 Å². The molecular formula is C22H25FN6O2. The molecule has 1 fully saturated rings. The van der Waals surface area contributed by atoms with Gasteiger partial charge >= 0.3 is 0 Å². The molecule has 2 N–H and O–H groups in total. The predicted octanol–water partition coefficient (Wildman–Crippen LogP) is 3.34. The van der Waals surface area contributed by atoms with E-state index in [-0.39, 0.29) is 23.9 Å².